The van der Waals surface area contributed by atoms with Gasteiger partial charge in [0.2, 0.25) is 0 Å². The van der Waals surface area contributed by atoms with E-state index in [9.17, 15) is 10.1 Å². The molecule has 0 saturated heterocycles. The third-order valence-corrected chi connectivity index (χ3v) is 4.20. The standard InChI is InChI=1S/C23H23N3O3/c1-4-28-23(27)18-8-9-25-22(11-18)26-13-19(12-24)21(14-26)17-6-5-7-20(10-17)29-15-16(2)3/h5-11,13-14,16H,4,15H2,1-3H3. The number of aromatic nitrogens is 2. The molecule has 0 bridgehead atoms. The highest BCUT2D eigenvalue weighted by Gasteiger charge is 2.13. The van der Waals surface area contributed by atoms with Crippen molar-refractivity contribution in [3.63, 3.8) is 0 Å². The van der Waals surface area contributed by atoms with Crippen LogP contribution in [0, 0.1) is 17.2 Å². The van der Waals surface area contributed by atoms with E-state index in [1.165, 1.54) is 0 Å². The average molecular weight is 389 g/mol. The van der Waals surface area contributed by atoms with Gasteiger partial charge in [-0.2, -0.15) is 5.26 Å². The minimum absolute atomic E-state index is 0.304. The van der Waals surface area contributed by atoms with E-state index in [0.717, 1.165) is 16.9 Å². The number of carbonyl (C=O) groups excluding carboxylic acids is 1. The summed E-state index contributed by atoms with van der Waals surface area (Å²) in [7, 11) is 0. The second-order valence-corrected chi connectivity index (χ2v) is 6.96. The van der Waals surface area contributed by atoms with E-state index in [1.807, 2.05) is 30.5 Å². The number of hydrogen-bond acceptors (Lipinski definition) is 5. The van der Waals surface area contributed by atoms with Gasteiger partial charge < -0.3 is 14.0 Å². The van der Waals surface area contributed by atoms with E-state index in [2.05, 4.69) is 24.9 Å². The van der Waals surface area contributed by atoms with Crippen LogP contribution in [0.4, 0.5) is 0 Å². The molecule has 0 fully saturated rings. The number of esters is 1. The molecule has 0 aliphatic carbocycles. The Balaban J connectivity index is 1.95. The number of hydrogen-bond donors (Lipinski definition) is 0. The summed E-state index contributed by atoms with van der Waals surface area (Å²) in [6.07, 6.45) is 5.08. The third-order valence-electron chi connectivity index (χ3n) is 4.20. The van der Waals surface area contributed by atoms with Crippen LogP contribution < -0.4 is 4.74 Å². The van der Waals surface area contributed by atoms with Crippen molar-refractivity contribution in [2.24, 2.45) is 5.92 Å². The number of carbonyl (C=O) groups is 1. The Kier molecular flexibility index (Phi) is 6.30. The molecule has 148 valence electrons. The molecule has 0 N–H and O–H groups in total. The van der Waals surface area contributed by atoms with Crippen molar-refractivity contribution in [2.75, 3.05) is 13.2 Å². The van der Waals surface area contributed by atoms with Crippen molar-refractivity contribution in [1.82, 2.24) is 9.55 Å². The summed E-state index contributed by atoms with van der Waals surface area (Å²) in [5, 5.41) is 9.61. The van der Waals surface area contributed by atoms with Crippen LogP contribution in [0.3, 0.4) is 0 Å². The smallest absolute Gasteiger partial charge is 0.338 e. The summed E-state index contributed by atoms with van der Waals surface area (Å²) < 4.78 is 12.6. The van der Waals surface area contributed by atoms with Gasteiger partial charge in [-0.3, -0.25) is 0 Å². The summed E-state index contributed by atoms with van der Waals surface area (Å²) in [6.45, 7) is 6.87. The Labute approximate surface area is 170 Å². The van der Waals surface area contributed by atoms with E-state index in [0.29, 0.717) is 36.1 Å². The van der Waals surface area contributed by atoms with Crippen LogP contribution in [0.25, 0.3) is 16.9 Å². The molecule has 2 heterocycles. The Hall–Kier alpha value is -3.59. The first-order valence-electron chi connectivity index (χ1n) is 9.50. The van der Waals surface area contributed by atoms with Gasteiger partial charge in [0.25, 0.3) is 0 Å². The van der Waals surface area contributed by atoms with Gasteiger partial charge in [0.15, 0.2) is 0 Å². The molecule has 2 aromatic heterocycles. The van der Waals surface area contributed by atoms with Crippen LogP contribution in [0.2, 0.25) is 0 Å². The second kappa shape index (κ2) is 9.07. The van der Waals surface area contributed by atoms with Crippen molar-refractivity contribution in [3.05, 3.63) is 66.1 Å². The van der Waals surface area contributed by atoms with Crippen LogP contribution in [0.1, 0.15) is 36.7 Å². The predicted molar refractivity (Wildman–Crippen MR) is 110 cm³/mol. The number of nitriles is 1. The lowest BCUT2D eigenvalue weighted by Gasteiger charge is -2.09. The van der Waals surface area contributed by atoms with Gasteiger partial charge >= 0.3 is 5.97 Å². The highest BCUT2D eigenvalue weighted by atomic mass is 16.5. The van der Waals surface area contributed by atoms with Gasteiger partial charge in [0, 0.05) is 24.2 Å². The zero-order valence-corrected chi connectivity index (χ0v) is 16.8. The van der Waals surface area contributed by atoms with Gasteiger partial charge in [0.05, 0.1) is 24.3 Å². The first kappa shape index (κ1) is 20.2. The van der Waals surface area contributed by atoms with Crippen molar-refractivity contribution >= 4 is 5.97 Å². The first-order chi connectivity index (χ1) is 14.0. The Morgan fingerprint density at radius 3 is 2.79 bits per heavy atom. The zero-order valence-electron chi connectivity index (χ0n) is 16.8. The average Bonchev–Trinajstić information content (AvgIpc) is 3.17. The number of pyridine rings is 1. The number of rotatable bonds is 7. The minimum Gasteiger partial charge on any atom is -0.493 e. The fraction of sp³-hybridized carbons (Fsp3) is 0.261. The Morgan fingerprint density at radius 2 is 2.07 bits per heavy atom. The Bertz CT molecular complexity index is 1050. The van der Waals surface area contributed by atoms with Crippen molar-refractivity contribution in [3.8, 4) is 28.8 Å². The fourth-order valence-corrected chi connectivity index (χ4v) is 2.82. The largest absolute Gasteiger partial charge is 0.493 e. The number of ether oxygens (including phenoxy) is 2. The molecule has 0 atom stereocenters. The van der Waals surface area contributed by atoms with Crippen LogP contribution in [0.15, 0.2) is 55.0 Å². The first-order valence-corrected chi connectivity index (χ1v) is 9.50. The summed E-state index contributed by atoms with van der Waals surface area (Å²) in [5.74, 6) is 1.31. The monoisotopic (exact) mass is 389 g/mol. The maximum atomic E-state index is 12.0. The van der Waals surface area contributed by atoms with Crippen molar-refractivity contribution in [1.29, 1.82) is 5.26 Å². The van der Waals surface area contributed by atoms with Crippen LogP contribution >= 0.6 is 0 Å². The third kappa shape index (κ3) is 4.82. The maximum Gasteiger partial charge on any atom is 0.338 e. The van der Waals surface area contributed by atoms with Crippen molar-refractivity contribution < 1.29 is 14.3 Å². The molecule has 0 amide bonds. The van der Waals surface area contributed by atoms with E-state index in [-0.39, 0.29) is 0 Å². The number of benzene rings is 1. The maximum absolute atomic E-state index is 12.0. The summed E-state index contributed by atoms with van der Waals surface area (Å²) in [5.41, 5.74) is 2.57. The molecular formula is C23H23N3O3. The zero-order chi connectivity index (χ0) is 20.8. The van der Waals surface area contributed by atoms with Crippen molar-refractivity contribution in [2.45, 2.75) is 20.8 Å². The minimum atomic E-state index is -0.404. The lowest BCUT2D eigenvalue weighted by molar-refractivity contribution is 0.0526. The lowest BCUT2D eigenvalue weighted by atomic mass is 10.1. The molecule has 6 heteroatoms. The lowest BCUT2D eigenvalue weighted by Crippen LogP contribution is -2.06. The van der Waals surface area contributed by atoms with Crippen LogP contribution in [-0.4, -0.2) is 28.7 Å². The van der Waals surface area contributed by atoms with E-state index < -0.39 is 5.97 Å². The second-order valence-electron chi connectivity index (χ2n) is 6.96. The summed E-state index contributed by atoms with van der Waals surface area (Å²) in [4.78, 5) is 16.3. The van der Waals surface area contributed by atoms with Crippen LogP contribution in [-0.2, 0) is 4.74 Å². The quantitative estimate of drug-likeness (QED) is 0.551. The van der Waals surface area contributed by atoms with E-state index in [1.54, 1.807) is 36.0 Å². The SMILES string of the molecule is CCOC(=O)c1ccnc(-n2cc(C#N)c(-c3cccc(OCC(C)C)c3)c2)c1. The molecule has 0 unspecified atom stereocenters. The molecule has 1 aromatic carbocycles. The van der Waals surface area contributed by atoms with Crippen LogP contribution in [0.5, 0.6) is 5.75 Å². The number of nitrogens with zero attached hydrogens (tertiary/aromatic N) is 3. The van der Waals surface area contributed by atoms with E-state index in [4.69, 9.17) is 9.47 Å². The molecule has 3 aromatic rings. The molecular weight excluding hydrogens is 366 g/mol. The highest BCUT2D eigenvalue weighted by molar-refractivity contribution is 5.89. The van der Waals surface area contributed by atoms with Gasteiger partial charge in [-0.25, -0.2) is 9.78 Å². The van der Waals surface area contributed by atoms with E-state index >= 15 is 0 Å². The molecule has 0 radical (unpaired) electrons. The molecule has 6 nitrogen and oxygen atoms in total. The molecule has 3 rings (SSSR count). The molecule has 0 aliphatic rings. The molecule has 0 aliphatic heterocycles. The predicted octanol–water partition coefficient (Wildman–Crippen LogP) is 4.62. The highest BCUT2D eigenvalue weighted by Crippen LogP contribution is 2.29. The Morgan fingerprint density at radius 1 is 1.24 bits per heavy atom. The van der Waals surface area contributed by atoms with Gasteiger partial charge in [0.1, 0.15) is 17.6 Å². The molecule has 0 spiro atoms. The van der Waals surface area contributed by atoms with Gasteiger partial charge in [-0.1, -0.05) is 26.0 Å². The molecule has 29 heavy (non-hydrogen) atoms. The summed E-state index contributed by atoms with van der Waals surface area (Å²) >= 11 is 0. The fourth-order valence-electron chi connectivity index (χ4n) is 2.82. The normalized spacial score (nSPS) is 10.6. The summed E-state index contributed by atoms with van der Waals surface area (Å²) in [6, 6.07) is 13.1. The van der Waals surface area contributed by atoms with Gasteiger partial charge in [-0.15, -0.1) is 0 Å². The topological polar surface area (TPSA) is 77.1 Å². The van der Waals surface area contributed by atoms with Gasteiger partial charge in [-0.05, 0) is 42.7 Å². The molecule has 0 saturated carbocycles.